The van der Waals surface area contributed by atoms with Crippen LogP contribution in [0.25, 0.3) is 0 Å². The van der Waals surface area contributed by atoms with Gasteiger partial charge in [0, 0.05) is 12.6 Å². The minimum Gasteiger partial charge on any atom is -0.395 e. The van der Waals surface area contributed by atoms with Crippen LogP contribution in [0.1, 0.15) is 42.5 Å². The highest BCUT2D eigenvalue weighted by Gasteiger charge is 2.27. The Bertz CT molecular complexity index is 476. The molecule has 0 saturated heterocycles. The van der Waals surface area contributed by atoms with Crippen LogP contribution in [-0.4, -0.2) is 40.1 Å². The predicted octanol–water partition coefficient (Wildman–Crippen LogP) is 3.16. The van der Waals surface area contributed by atoms with E-state index in [0.717, 1.165) is 25.7 Å². The van der Waals surface area contributed by atoms with Gasteiger partial charge < -0.3 is 10.0 Å². The van der Waals surface area contributed by atoms with Crippen molar-refractivity contribution in [2.45, 2.75) is 38.1 Å². The lowest BCUT2D eigenvalue weighted by atomic mass is 9.93. The Morgan fingerprint density at radius 1 is 1.30 bits per heavy atom. The van der Waals surface area contributed by atoms with E-state index in [-0.39, 0.29) is 28.9 Å². The van der Waals surface area contributed by atoms with E-state index in [1.165, 1.54) is 6.42 Å². The molecule has 2 rings (SSSR count). The fraction of sp³-hybridized carbons (Fsp3) is 0.571. The van der Waals surface area contributed by atoms with E-state index in [0.29, 0.717) is 12.1 Å². The van der Waals surface area contributed by atoms with Gasteiger partial charge in [0.05, 0.1) is 12.2 Å². The number of carbonyl (C=O) groups excluding carboxylic acids is 1. The number of hydrogen-bond donors (Lipinski definition) is 1. The van der Waals surface area contributed by atoms with E-state index in [2.05, 4.69) is 4.98 Å². The number of halogens is 2. The van der Waals surface area contributed by atoms with Crippen molar-refractivity contribution < 1.29 is 9.90 Å². The van der Waals surface area contributed by atoms with Crippen molar-refractivity contribution in [2.75, 3.05) is 13.2 Å². The van der Waals surface area contributed by atoms with Crippen LogP contribution in [0.3, 0.4) is 0 Å². The average Bonchev–Trinajstić information content (AvgIpc) is 2.45. The summed E-state index contributed by atoms with van der Waals surface area (Å²) in [6.45, 7) is 0.267. The highest BCUT2D eigenvalue weighted by atomic mass is 35.5. The van der Waals surface area contributed by atoms with Crippen LogP contribution in [0, 0.1) is 0 Å². The zero-order valence-electron chi connectivity index (χ0n) is 11.2. The molecule has 1 N–H and O–H groups in total. The second kappa shape index (κ2) is 7.25. The molecule has 4 nitrogen and oxygen atoms in total. The fourth-order valence-corrected chi connectivity index (χ4v) is 3.10. The predicted molar refractivity (Wildman–Crippen MR) is 79.3 cm³/mol. The van der Waals surface area contributed by atoms with Crippen molar-refractivity contribution in [3.8, 4) is 0 Å². The van der Waals surface area contributed by atoms with Gasteiger partial charge in [-0.15, -0.1) is 0 Å². The van der Waals surface area contributed by atoms with Crippen molar-refractivity contribution >= 4 is 29.1 Å². The summed E-state index contributed by atoms with van der Waals surface area (Å²) in [5.41, 5.74) is 0.343. The third-order valence-corrected chi connectivity index (χ3v) is 4.16. The van der Waals surface area contributed by atoms with Crippen molar-refractivity contribution in [2.24, 2.45) is 0 Å². The van der Waals surface area contributed by atoms with Crippen LogP contribution in [-0.2, 0) is 0 Å². The first-order valence-corrected chi connectivity index (χ1v) is 7.63. The Hall–Kier alpha value is -0.840. The number of aliphatic hydroxyl groups excluding tert-OH is 1. The molecular weight excluding hydrogens is 299 g/mol. The van der Waals surface area contributed by atoms with Gasteiger partial charge in [0.1, 0.15) is 10.3 Å². The first-order valence-electron chi connectivity index (χ1n) is 6.87. The van der Waals surface area contributed by atoms with E-state index >= 15 is 0 Å². The highest BCUT2D eigenvalue weighted by Crippen LogP contribution is 2.25. The lowest BCUT2D eigenvalue weighted by Crippen LogP contribution is -2.43. The van der Waals surface area contributed by atoms with Gasteiger partial charge in [-0.2, -0.15) is 0 Å². The van der Waals surface area contributed by atoms with Crippen molar-refractivity contribution in [3.63, 3.8) is 0 Å². The quantitative estimate of drug-likeness (QED) is 0.868. The van der Waals surface area contributed by atoms with Gasteiger partial charge in [-0.05, 0) is 25.0 Å². The lowest BCUT2D eigenvalue weighted by molar-refractivity contribution is 0.0585. The molecule has 1 aromatic rings. The second-order valence-corrected chi connectivity index (χ2v) is 5.73. The molecule has 0 aromatic carbocycles. The van der Waals surface area contributed by atoms with E-state index in [9.17, 15) is 9.90 Å². The van der Waals surface area contributed by atoms with Crippen molar-refractivity contribution in [1.29, 1.82) is 0 Å². The summed E-state index contributed by atoms with van der Waals surface area (Å²) < 4.78 is 0. The molecule has 0 aliphatic heterocycles. The number of pyridine rings is 1. The van der Waals surface area contributed by atoms with Crippen LogP contribution >= 0.6 is 23.2 Å². The molecule has 0 atom stereocenters. The van der Waals surface area contributed by atoms with Gasteiger partial charge in [0.2, 0.25) is 0 Å². The summed E-state index contributed by atoms with van der Waals surface area (Å²) in [6, 6.07) is 3.32. The Balaban J connectivity index is 2.21. The van der Waals surface area contributed by atoms with Gasteiger partial charge in [0.15, 0.2) is 0 Å². The molecule has 1 aromatic heterocycles. The molecule has 1 fully saturated rings. The summed E-state index contributed by atoms with van der Waals surface area (Å²) >= 11 is 11.8. The normalized spacial score (nSPS) is 16.1. The molecule has 6 heteroatoms. The molecule has 110 valence electrons. The summed E-state index contributed by atoms with van der Waals surface area (Å²) in [5.74, 6) is -0.180. The number of amides is 1. The molecule has 0 bridgehead atoms. The average molecular weight is 317 g/mol. The molecule has 0 unspecified atom stereocenters. The zero-order chi connectivity index (χ0) is 14.5. The standard InChI is InChI=1S/C14H18Cl2N2O2/c15-12-7-6-11(13(16)17-12)14(20)18(8-9-19)10-4-2-1-3-5-10/h6-7,10,19H,1-5,8-9H2. The van der Waals surface area contributed by atoms with Crippen molar-refractivity contribution in [3.05, 3.63) is 28.0 Å². The monoisotopic (exact) mass is 316 g/mol. The summed E-state index contributed by atoms with van der Waals surface area (Å²) in [5, 5.41) is 9.59. The van der Waals surface area contributed by atoms with Crippen molar-refractivity contribution in [1.82, 2.24) is 9.88 Å². The molecule has 1 aliphatic rings. The molecule has 1 amide bonds. The van der Waals surface area contributed by atoms with E-state index in [1.807, 2.05) is 0 Å². The number of aliphatic hydroxyl groups is 1. The van der Waals surface area contributed by atoms with E-state index in [4.69, 9.17) is 23.2 Å². The van der Waals surface area contributed by atoms with Crippen LogP contribution in [0.2, 0.25) is 10.3 Å². The number of carbonyl (C=O) groups is 1. The third-order valence-electron chi connectivity index (χ3n) is 3.66. The SMILES string of the molecule is O=C(c1ccc(Cl)nc1Cl)N(CCO)C1CCCCC1. The minimum atomic E-state index is -0.180. The van der Waals surface area contributed by atoms with E-state index in [1.54, 1.807) is 17.0 Å². The molecule has 1 aliphatic carbocycles. The molecule has 1 heterocycles. The molecule has 20 heavy (non-hydrogen) atoms. The third kappa shape index (κ3) is 3.62. The number of nitrogens with zero attached hydrogens (tertiary/aromatic N) is 2. The summed E-state index contributed by atoms with van der Waals surface area (Å²) in [4.78, 5) is 18.2. The van der Waals surface area contributed by atoms with Gasteiger partial charge in [-0.1, -0.05) is 42.5 Å². The number of hydrogen-bond acceptors (Lipinski definition) is 3. The molecule has 1 saturated carbocycles. The number of aromatic nitrogens is 1. The minimum absolute atomic E-state index is 0.0547. The smallest absolute Gasteiger partial charge is 0.257 e. The summed E-state index contributed by atoms with van der Waals surface area (Å²) in [7, 11) is 0. The second-order valence-electron chi connectivity index (χ2n) is 4.99. The lowest BCUT2D eigenvalue weighted by Gasteiger charge is -2.34. The largest absolute Gasteiger partial charge is 0.395 e. The van der Waals surface area contributed by atoms with E-state index < -0.39 is 0 Å². The summed E-state index contributed by atoms with van der Waals surface area (Å²) in [6.07, 6.45) is 5.40. The zero-order valence-corrected chi connectivity index (χ0v) is 12.7. The van der Waals surface area contributed by atoms with Crippen LogP contribution < -0.4 is 0 Å². The Labute approximate surface area is 128 Å². The first-order chi connectivity index (χ1) is 9.63. The van der Waals surface area contributed by atoms with Gasteiger partial charge in [0.25, 0.3) is 5.91 Å². The fourth-order valence-electron chi connectivity index (χ4n) is 2.68. The van der Waals surface area contributed by atoms with Gasteiger partial charge >= 0.3 is 0 Å². The Morgan fingerprint density at radius 2 is 2.00 bits per heavy atom. The van der Waals surface area contributed by atoms with Gasteiger partial charge in [-0.25, -0.2) is 4.98 Å². The molecule has 0 spiro atoms. The highest BCUT2D eigenvalue weighted by molar-refractivity contribution is 6.34. The number of rotatable bonds is 4. The van der Waals surface area contributed by atoms with Crippen LogP contribution in [0.4, 0.5) is 0 Å². The molecule has 0 radical (unpaired) electrons. The van der Waals surface area contributed by atoms with Gasteiger partial charge in [-0.3, -0.25) is 4.79 Å². The maximum absolute atomic E-state index is 12.6. The maximum Gasteiger partial charge on any atom is 0.257 e. The Kier molecular flexibility index (Phi) is 5.64. The first kappa shape index (κ1) is 15.5. The van der Waals surface area contributed by atoms with Crippen LogP contribution in [0.15, 0.2) is 12.1 Å². The molecular formula is C14H18Cl2N2O2. The maximum atomic E-state index is 12.6. The Morgan fingerprint density at radius 3 is 2.60 bits per heavy atom. The topological polar surface area (TPSA) is 53.4 Å². The van der Waals surface area contributed by atoms with Crippen LogP contribution in [0.5, 0.6) is 0 Å².